The highest BCUT2D eigenvalue weighted by atomic mass is 32.1. The van der Waals surface area contributed by atoms with Gasteiger partial charge >= 0.3 is 0 Å². The number of rotatable bonds is 5. The molecule has 98 valence electrons. The summed E-state index contributed by atoms with van der Waals surface area (Å²) in [5.74, 6) is -0.143. The Morgan fingerprint density at radius 3 is 2.78 bits per heavy atom. The molecule has 0 aliphatic carbocycles. The summed E-state index contributed by atoms with van der Waals surface area (Å²) in [6.45, 7) is 7.36. The van der Waals surface area contributed by atoms with E-state index in [1.54, 1.807) is 23.5 Å². The van der Waals surface area contributed by atoms with Gasteiger partial charge in [-0.3, -0.25) is 0 Å². The molecule has 2 aromatic rings. The Bertz CT molecular complexity index is 531. The van der Waals surface area contributed by atoms with E-state index in [0.717, 1.165) is 24.1 Å². The van der Waals surface area contributed by atoms with Crippen LogP contribution in [0.15, 0.2) is 18.2 Å². The molecule has 0 saturated carbocycles. The summed E-state index contributed by atoms with van der Waals surface area (Å²) in [5.41, 5.74) is 1.39. The highest BCUT2D eigenvalue weighted by Crippen LogP contribution is 2.32. The molecule has 1 nitrogen and oxygen atoms in total. The molecule has 0 fully saturated rings. The molecule has 0 unspecified atom stereocenters. The van der Waals surface area contributed by atoms with Crippen LogP contribution in [-0.2, 0) is 13.0 Å². The zero-order valence-electron chi connectivity index (χ0n) is 11.2. The van der Waals surface area contributed by atoms with Gasteiger partial charge in [-0.05, 0) is 29.5 Å². The Morgan fingerprint density at radius 1 is 1.33 bits per heavy atom. The summed E-state index contributed by atoms with van der Waals surface area (Å²) in [6.07, 6.45) is 2.19. The van der Waals surface area contributed by atoms with E-state index in [2.05, 4.69) is 26.1 Å². The van der Waals surface area contributed by atoms with Crippen LogP contribution in [0.3, 0.4) is 0 Å². The summed E-state index contributed by atoms with van der Waals surface area (Å²) in [5, 5.41) is 4.68. The van der Waals surface area contributed by atoms with E-state index in [9.17, 15) is 4.39 Å². The fourth-order valence-electron chi connectivity index (χ4n) is 2.14. The van der Waals surface area contributed by atoms with E-state index in [4.69, 9.17) is 0 Å². The predicted octanol–water partition coefficient (Wildman–Crippen LogP) is 4.49. The van der Waals surface area contributed by atoms with Crippen molar-refractivity contribution in [3.63, 3.8) is 0 Å². The van der Waals surface area contributed by atoms with Crippen molar-refractivity contribution in [1.82, 2.24) is 5.32 Å². The van der Waals surface area contributed by atoms with Crippen LogP contribution in [-0.4, -0.2) is 6.04 Å². The number of hydrogen-bond donors (Lipinski definition) is 1. The molecule has 0 aliphatic heterocycles. The summed E-state index contributed by atoms with van der Waals surface area (Å²) in [4.78, 5) is 1.35. The normalized spacial score (nSPS) is 11.6. The van der Waals surface area contributed by atoms with E-state index in [-0.39, 0.29) is 5.82 Å². The molecule has 1 heterocycles. The van der Waals surface area contributed by atoms with Gasteiger partial charge < -0.3 is 5.32 Å². The van der Waals surface area contributed by atoms with Crippen molar-refractivity contribution >= 4 is 21.4 Å². The van der Waals surface area contributed by atoms with Crippen LogP contribution in [0.5, 0.6) is 0 Å². The highest BCUT2D eigenvalue weighted by molar-refractivity contribution is 7.19. The molecule has 0 saturated heterocycles. The monoisotopic (exact) mass is 265 g/mol. The molecule has 0 spiro atoms. The van der Waals surface area contributed by atoms with Gasteiger partial charge in [0.05, 0.1) is 0 Å². The second-order valence-electron chi connectivity index (χ2n) is 4.93. The third-order valence-electron chi connectivity index (χ3n) is 3.01. The Labute approximate surface area is 112 Å². The number of hydrogen-bond acceptors (Lipinski definition) is 2. The van der Waals surface area contributed by atoms with Gasteiger partial charge in [-0.2, -0.15) is 0 Å². The van der Waals surface area contributed by atoms with Crippen LogP contribution >= 0.6 is 11.3 Å². The summed E-state index contributed by atoms with van der Waals surface area (Å²) in [7, 11) is 0. The Hall–Kier alpha value is -0.930. The SMILES string of the molecule is CCCc1c(CNC(C)C)sc2cc(F)ccc12. The predicted molar refractivity (Wildman–Crippen MR) is 77.8 cm³/mol. The molecule has 3 heteroatoms. The largest absolute Gasteiger partial charge is 0.310 e. The molecular weight excluding hydrogens is 245 g/mol. The minimum Gasteiger partial charge on any atom is -0.310 e. The van der Waals surface area contributed by atoms with E-state index in [1.807, 2.05) is 6.07 Å². The Kier molecular flexibility index (Phi) is 4.36. The molecule has 2 rings (SSSR count). The number of thiophene rings is 1. The minimum absolute atomic E-state index is 0.143. The van der Waals surface area contributed by atoms with Gasteiger partial charge in [0.15, 0.2) is 0 Å². The van der Waals surface area contributed by atoms with Crippen LogP contribution in [0.2, 0.25) is 0 Å². The summed E-state index contributed by atoms with van der Waals surface area (Å²) < 4.78 is 14.3. The van der Waals surface area contributed by atoms with Gasteiger partial charge in [0.2, 0.25) is 0 Å². The number of fused-ring (bicyclic) bond motifs is 1. The van der Waals surface area contributed by atoms with Crippen LogP contribution in [0.25, 0.3) is 10.1 Å². The fraction of sp³-hybridized carbons (Fsp3) is 0.467. The molecule has 0 amide bonds. The molecule has 0 bridgehead atoms. The number of nitrogens with one attached hydrogen (secondary N) is 1. The molecule has 1 N–H and O–H groups in total. The van der Waals surface area contributed by atoms with Gasteiger partial charge in [-0.25, -0.2) is 4.39 Å². The van der Waals surface area contributed by atoms with Gasteiger partial charge in [0, 0.05) is 22.2 Å². The lowest BCUT2D eigenvalue weighted by atomic mass is 10.1. The molecule has 1 aromatic heterocycles. The molecule has 0 atom stereocenters. The quantitative estimate of drug-likeness (QED) is 0.840. The lowest BCUT2D eigenvalue weighted by molar-refractivity contribution is 0.591. The third-order valence-corrected chi connectivity index (χ3v) is 4.20. The van der Waals surface area contributed by atoms with Crippen molar-refractivity contribution in [3.8, 4) is 0 Å². The number of aryl methyl sites for hydroxylation is 1. The maximum Gasteiger partial charge on any atom is 0.124 e. The van der Waals surface area contributed by atoms with Crippen LogP contribution in [0, 0.1) is 5.82 Å². The first kappa shape index (κ1) is 13.5. The van der Waals surface area contributed by atoms with Gasteiger partial charge in [-0.1, -0.05) is 33.3 Å². The molecule has 0 aliphatic rings. The maximum absolute atomic E-state index is 13.3. The molecule has 0 radical (unpaired) electrons. The summed E-state index contributed by atoms with van der Waals surface area (Å²) >= 11 is 1.72. The van der Waals surface area contributed by atoms with Gasteiger partial charge in [0.25, 0.3) is 0 Å². The third kappa shape index (κ3) is 2.90. The standard InChI is InChI=1S/C15H20FNS/c1-4-5-12-13-7-6-11(16)8-14(13)18-15(12)9-17-10(2)3/h6-8,10,17H,4-5,9H2,1-3H3. The zero-order valence-corrected chi connectivity index (χ0v) is 12.0. The van der Waals surface area contributed by atoms with E-state index >= 15 is 0 Å². The second-order valence-corrected chi connectivity index (χ2v) is 6.07. The van der Waals surface area contributed by atoms with E-state index in [0.29, 0.717) is 6.04 Å². The first-order valence-electron chi connectivity index (χ1n) is 6.55. The van der Waals surface area contributed by atoms with E-state index in [1.165, 1.54) is 15.8 Å². The Morgan fingerprint density at radius 2 is 2.11 bits per heavy atom. The molecule has 18 heavy (non-hydrogen) atoms. The Balaban J connectivity index is 2.40. The smallest absolute Gasteiger partial charge is 0.124 e. The number of halogens is 1. The lowest BCUT2D eigenvalue weighted by Gasteiger charge is -2.08. The zero-order chi connectivity index (χ0) is 13.1. The van der Waals surface area contributed by atoms with Crippen molar-refractivity contribution in [2.75, 3.05) is 0 Å². The van der Waals surface area contributed by atoms with Crippen LogP contribution in [0.1, 0.15) is 37.6 Å². The van der Waals surface area contributed by atoms with Crippen molar-refractivity contribution in [3.05, 3.63) is 34.5 Å². The van der Waals surface area contributed by atoms with Crippen LogP contribution in [0.4, 0.5) is 4.39 Å². The second kappa shape index (κ2) is 5.81. The first-order chi connectivity index (χ1) is 8.61. The fourth-order valence-corrected chi connectivity index (χ4v) is 3.37. The minimum atomic E-state index is -0.143. The van der Waals surface area contributed by atoms with Crippen LogP contribution < -0.4 is 5.32 Å². The molecular formula is C15H20FNS. The highest BCUT2D eigenvalue weighted by Gasteiger charge is 2.12. The topological polar surface area (TPSA) is 12.0 Å². The average Bonchev–Trinajstić information content (AvgIpc) is 2.64. The van der Waals surface area contributed by atoms with E-state index < -0.39 is 0 Å². The van der Waals surface area contributed by atoms with Crippen molar-refractivity contribution < 1.29 is 4.39 Å². The lowest BCUT2D eigenvalue weighted by Crippen LogP contribution is -2.21. The molecule has 1 aromatic carbocycles. The number of benzene rings is 1. The van der Waals surface area contributed by atoms with Crippen molar-refractivity contribution in [1.29, 1.82) is 0 Å². The van der Waals surface area contributed by atoms with Crippen molar-refractivity contribution in [2.45, 2.75) is 46.2 Å². The maximum atomic E-state index is 13.3. The van der Waals surface area contributed by atoms with Gasteiger partial charge in [-0.15, -0.1) is 11.3 Å². The van der Waals surface area contributed by atoms with Gasteiger partial charge in [0.1, 0.15) is 5.82 Å². The summed E-state index contributed by atoms with van der Waals surface area (Å²) in [6, 6.07) is 5.61. The average molecular weight is 265 g/mol. The first-order valence-corrected chi connectivity index (χ1v) is 7.36. The van der Waals surface area contributed by atoms with Crippen molar-refractivity contribution in [2.24, 2.45) is 0 Å².